The number of ketones is 1. The summed E-state index contributed by atoms with van der Waals surface area (Å²) in [5.41, 5.74) is 1.47. The molecule has 1 aromatic heterocycles. The number of Topliss-reactive ketones (excluding diaryl/α,β-unsaturated/α-hetero) is 1. The van der Waals surface area contributed by atoms with Gasteiger partial charge in [-0.25, -0.2) is 0 Å². The Balaban J connectivity index is 1.93. The number of methoxy groups -OCH3 is 1. The number of aryl methyl sites for hydroxylation is 1. The van der Waals surface area contributed by atoms with E-state index in [4.69, 9.17) is 4.74 Å². The third-order valence-corrected chi connectivity index (χ3v) is 4.55. The molecule has 0 saturated heterocycles. The molecule has 24 heavy (non-hydrogen) atoms. The van der Waals surface area contributed by atoms with E-state index in [1.54, 1.807) is 12.1 Å². The normalized spacial score (nSPS) is 10.7. The van der Waals surface area contributed by atoms with Crippen molar-refractivity contribution in [1.82, 2.24) is 10.2 Å². The summed E-state index contributed by atoms with van der Waals surface area (Å²) >= 11 is 1.35. The largest absolute Gasteiger partial charge is 0.496 e. The zero-order valence-electron chi connectivity index (χ0n) is 14.3. The molecule has 0 atom stereocenters. The van der Waals surface area contributed by atoms with Crippen molar-refractivity contribution >= 4 is 28.2 Å². The van der Waals surface area contributed by atoms with E-state index < -0.39 is 0 Å². The molecule has 1 heterocycles. The Morgan fingerprint density at radius 1 is 1.25 bits per heavy atom. The number of benzene rings is 1. The highest BCUT2D eigenvalue weighted by molar-refractivity contribution is 7.15. The number of rotatable bonds is 7. The van der Waals surface area contributed by atoms with Gasteiger partial charge in [0.15, 0.2) is 5.78 Å². The van der Waals surface area contributed by atoms with Crippen LogP contribution in [0.4, 0.5) is 5.13 Å². The van der Waals surface area contributed by atoms with Gasteiger partial charge in [-0.15, -0.1) is 10.2 Å². The first-order chi connectivity index (χ1) is 11.4. The maximum Gasteiger partial charge on any atom is 0.226 e. The minimum Gasteiger partial charge on any atom is -0.496 e. The van der Waals surface area contributed by atoms with Crippen LogP contribution in [-0.4, -0.2) is 29.0 Å². The van der Waals surface area contributed by atoms with Crippen molar-refractivity contribution in [1.29, 1.82) is 0 Å². The Morgan fingerprint density at radius 3 is 2.62 bits per heavy atom. The van der Waals surface area contributed by atoms with E-state index in [-0.39, 0.29) is 30.4 Å². The molecule has 2 aromatic rings. The van der Waals surface area contributed by atoms with Crippen molar-refractivity contribution in [2.45, 2.75) is 39.5 Å². The Hall–Kier alpha value is -2.28. The zero-order chi connectivity index (χ0) is 17.7. The predicted octanol–water partition coefficient (Wildman–Crippen LogP) is 3.58. The van der Waals surface area contributed by atoms with E-state index in [0.29, 0.717) is 16.4 Å². The van der Waals surface area contributed by atoms with Gasteiger partial charge in [0.05, 0.1) is 12.7 Å². The maximum atomic E-state index is 12.3. The monoisotopic (exact) mass is 347 g/mol. The van der Waals surface area contributed by atoms with Gasteiger partial charge in [-0.2, -0.15) is 0 Å². The van der Waals surface area contributed by atoms with E-state index in [2.05, 4.69) is 15.5 Å². The fourth-order valence-corrected chi connectivity index (χ4v) is 2.86. The summed E-state index contributed by atoms with van der Waals surface area (Å²) in [4.78, 5) is 24.3. The van der Waals surface area contributed by atoms with E-state index >= 15 is 0 Å². The minimum atomic E-state index is -0.249. The van der Waals surface area contributed by atoms with Gasteiger partial charge in [0.2, 0.25) is 11.0 Å². The van der Waals surface area contributed by atoms with Crippen molar-refractivity contribution in [3.8, 4) is 5.75 Å². The van der Waals surface area contributed by atoms with Crippen molar-refractivity contribution < 1.29 is 14.3 Å². The van der Waals surface area contributed by atoms with Crippen LogP contribution < -0.4 is 10.1 Å². The Bertz CT molecular complexity index is 740. The van der Waals surface area contributed by atoms with Crippen molar-refractivity contribution in [3.05, 3.63) is 34.3 Å². The van der Waals surface area contributed by atoms with Crippen LogP contribution in [0.3, 0.4) is 0 Å². The Kier molecular flexibility index (Phi) is 6.03. The molecule has 0 aliphatic rings. The minimum absolute atomic E-state index is 0.0898. The lowest BCUT2D eigenvalue weighted by Gasteiger charge is -2.08. The first-order valence-corrected chi connectivity index (χ1v) is 8.53. The molecule has 0 spiro atoms. The highest BCUT2D eigenvalue weighted by Crippen LogP contribution is 2.23. The molecule has 1 aromatic carbocycles. The van der Waals surface area contributed by atoms with E-state index in [1.807, 2.05) is 26.8 Å². The highest BCUT2D eigenvalue weighted by atomic mass is 32.1. The Morgan fingerprint density at radius 2 is 2.00 bits per heavy atom. The molecule has 1 N–H and O–H groups in total. The van der Waals surface area contributed by atoms with Gasteiger partial charge >= 0.3 is 0 Å². The zero-order valence-corrected chi connectivity index (χ0v) is 15.1. The molecule has 0 fully saturated rings. The maximum absolute atomic E-state index is 12.3. The fraction of sp³-hybridized carbons (Fsp3) is 0.412. The highest BCUT2D eigenvalue weighted by Gasteiger charge is 2.15. The van der Waals surface area contributed by atoms with Crippen LogP contribution in [0.5, 0.6) is 5.75 Å². The summed E-state index contributed by atoms with van der Waals surface area (Å²) in [5.74, 6) is 0.424. The molecule has 0 saturated carbocycles. The molecule has 6 nitrogen and oxygen atoms in total. The molecule has 7 heteroatoms. The van der Waals surface area contributed by atoms with Gasteiger partial charge < -0.3 is 10.1 Å². The lowest BCUT2D eigenvalue weighted by atomic mass is 10.0. The number of hydrogen-bond acceptors (Lipinski definition) is 6. The summed E-state index contributed by atoms with van der Waals surface area (Å²) in [6.45, 7) is 5.94. The quantitative estimate of drug-likeness (QED) is 0.774. The first-order valence-electron chi connectivity index (χ1n) is 7.71. The summed E-state index contributed by atoms with van der Waals surface area (Å²) in [6, 6.07) is 5.42. The SMILES string of the molecule is COc1ccc(C)cc1C(=O)CCC(=O)Nc1nnc(C(C)C)s1. The van der Waals surface area contributed by atoms with Crippen LogP contribution in [0, 0.1) is 6.92 Å². The van der Waals surface area contributed by atoms with Crippen molar-refractivity contribution in [2.24, 2.45) is 0 Å². The molecule has 2 rings (SSSR count). The molecule has 1 amide bonds. The number of anilines is 1. The molecule has 0 aliphatic heterocycles. The standard InChI is InChI=1S/C17H21N3O3S/c1-10(2)16-19-20-17(24-16)18-15(22)8-6-13(21)12-9-11(3)5-7-14(12)23-4/h5,7,9-10H,6,8H2,1-4H3,(H,18,20,22). The second kappa shape index (κ2) is 8.01. The molecule has 0 aliphatic carbocycles. The number of aromatic nitrogens is 2. The smallest absolute Gasteiger partial charge is 0.226 e. The van der Waals surface area contributed by atoms with Crippen LogP contribution in [0.2, 0.25) is 0 Å². The summed E-state index contributed by atoms with van der Waals surface area (Å²) < 4.78 is 5.21. The summed E-state index contributed by atoms with van der Waals surface area (Å²) in [5, 5.41) is 12.0. The topological polar surface area (TPSA) is 81.2 Å². The van der Waals surface area contributed by atoms with Gasteiger partial charge in [0, 0.05) is 18.8 Å². The second-order valence-corrected chi connectivity index (χ2v) is 6.78. The van der Waals surface area contributed by atoms with Crippen LogP contribution in [0.25, 0.3) is 0 Å². The molecule has 128 valence electrons. The average molecular weight is 347 g/mol. The second-order valence-electron chi connectivity index (χ2n) is 5.78. The number of carbonyl (C=O) groups is 2. The molecule has 0 bridgehead atoms. The molecule has 0 radical (unpaired) electrons. The fourth-order valence-electron chi connectivity index (χ4n) is 2.10. The lowest BCUT2D eigenvalue weighted by molar-refractivity contribution is -0.116. The van der Waals surface area contributed by atoms with Gasteiger partial charge in [-0.3, -0.25) is 9.59 Å². The number of carbonyl (C=O) groups excluding carboxylic acids is 2. The average Bonchev–Trinajstić information content (AvgIpc) is 3.01. The van der Waals surface area contributed by atoms with Crippen molar-refractivity contribution in [3.63, 3.8) is 0 Å². The predicted molar refractivity (Wildman–Crippen MR) is 93.9 cm³/mol. The molecule has 0 unspecified atom stereocenters. The van der Waals surface area contributed by atoms with Crippen LogP contribution in [0.15, 0.2) is 18.2 Å². The van der Waals surface area contributed by atoms with E-state index in [9.17, 15) is 9.59 Å². The first kappa shape index (κ1) is 18.1. The van der Waals surface area contributed by atoms with Gasteiger partial charge in [0.1, 0.15) is 10.8 Å². The number of nitrogens with one attached hydrogen (secondary N) is 1. The number of ether oxygens (including phenoxy) is 1. The number of hydrogen-bond donors (Lipinski definition) is 1. The Labute approximate surface area is 145 Å². The number of nitrogens with zero attached hydrogens (tertiary/aromatic N) is 2. The van der Waals surface area contributed by atoms with E-state index in [1.165, 1.54) is 18.4 Å². The lowest BCUT2D eigenvalue weighted by Crippen LogP contribution is -2.13. The number of amides is 1. The molecular weight excluding hydrogens is 326 g/mol. The van der Waals surface area contributed by atoms with E-state index in [0.717, 1.165) is 10.6 Å². The van der Waals surface area contributed by atoms with Gasteiger partial charge in [-0.05, 0) is 19.1 Å². The summed E-state index contributed by atoms with van der Waals surface area (Å²) in [6.07, 6.45) is 0.202. The van der Waals surface area contributed by atoms with Gasteiger partial charge in [0.25, 0.3) is 0 Å². The third-order valence-electron chi connectivity index (χ3n) is 3.42. The van der Waals surface area contributed by atoms with Crippen LogP contribution in [-0.2, 0) is 4.79 Å². The van der Waals surface area contributed by atoms with Crippen LogP contribution in [0.1, 0.15) is 53.5 Å². The van der Waals surface area contributed by atoms with Crippen LogP contribution >= 0.6 is 11.3 Å². The molecular formula is C17H21N3O3S. The summed E-state index contributed by atoms with van der Waals surface area (Å²) in [7, 11) is 1.52. The van der Waals surface area contributed by atoms with Crippen molar-refractivity contribution in [2.75, 3.05) is 12.4 Å². The van der Waals surface area contributed by atoms with Gasteiger partial charge in [-0.1, -0.05) is 36.8 Å². The third kappa shape index (κ3) is 4.61.